The number of aryl methyl sites for hydroxylation is 2. The molecule has 0 amide bonds. The van der Waals surface area contributed by atoms with Gasteiger partial charge in [-0.3, -0.25) is 0 Å². The summed E-state index contributed by atoms with van der Waals surface area (Å²) in [5, 5.41) is 11.4. The van der Waals surface area contributed by atoms with Crippen molar-refractivity contribution in [1.82, 2.24) is 15.5 Å². The molecule has 1 heterocycles. The summed E-state index contributed by atoms with van der Waals surface area (Å²) >= 11 is 0. The smallest absolute Gasteiger partial charge is 0.230 e. The highest BCUT2D eigenvalue weighted by atomic mass is 16.4. The van der Waals surface area contributed by atoms with E-state index in [9.17, 15) is 0 Å². The van der Waals surface area contributed by atoms with E-state index in [2.05, 4.69) is 61.4 Å². The van der Waals surface area contributed by atoms with Gasteiger partial charge < -0.3 is 9.73 Å². The van der Waals surface area contributed by atoms with E-state index in [1.165, 1.54) is 16.7 Å². The van der Waals surface area contributed by atoms with Crippen LogP contribution in [0.3, 0.4) is 0 Å². The maximum absolute atomic E-state index is 5.65. The van der Waals surface area contributed by atoms with Crippen molar-refractivity contribution < 1.29 is 4.42 Å². The molecule has 0 spiro atoms. The number of aromatic nitrogens is 2. The second-order valence-corrected chi connectivity index (χ2v) is 5.23. The van der Waals surface area contributed by atoms with E-state index < -0.39 is 0 Å². The summed E-state index contributed by atoms with van der Waals surface area (Å²) in [6, 6.07) is 6.83. The van der Waals surface area contributed by atoms with Crippen LogP contribution in [-0.4, -0.2) is 16.2 Å². The molecule has 0 atom stereocenters. The first-order chi connectivity index (χ1) is 9.04. The molecule has 1 aromatic heterocycles. The molecule has 0 saturated carbocycles. The van der Waals surface area contributed by atoms with Crippen LogP contribution in [0.1, 0.15) is 42.3 Å². The molecule has 0 aliphatic heterocycles. The summed E-state index contributed by atoms with van der Waals surface area (Å²) in [5.41, 5.74) is 3.75. The van der Waals surface area contributed by atoms with Gasteiger partial charge in [0.25, 0.3) is 0 Å². The lowest BCUT2D eigenvalue weighted by atomic mass is 10.0. The lowest BCUT2D eigenvalue weighted by Gasteiger charge is -2.04. The van der Waals surface area contributed by atoms with Gasteiger partial charge in [-0.1, -0.05) is 37.6 Å². The minimum Gasteiger partial charge on any atom is -0.424 e. The highest BCUT2D eigenvalue weighted by molar-refractivity contribution is 5.32. The third-order valence-corrected chi connectivity index (χ3v) is 3.02. The minimum absolute atomic E-state index is 0.411. The normalized spacial score (nSPS) is 11.2. The van der Waals surface area contributed by atoms with Crippen LogP contribution < -0.4 is 5.32 Å². The molecule has 4 heteroatoms. The van der Waals surface area contributed by atoms with Gasteiger partial charge in [0, 0.05) is 6.04 Å². The van der Waals surface area contributed by atoms with Crippen molar-refractivity contribution in [2.45, 2.75) is 46.7 Å². The van der Waals surface area contributed by atoms with Gasteiger partial charge in [0.15, 0.2) is 0 Å². The molecule has 0 unspecified atom stereocenters. The van der Waals surface area contributed by atoms with Crippen molar-refractivity contribution in [3.63, 3.8) is 0 Å². The van der Waals surface area contributed by atoms with E-state index in [4.69, 9.17) is 4.42 Å². The fourth-order valence-electron chi connectivity index (χ4n) is 1.88. The van der Waals surface area contributed by atoms with Crippen LogP contribution in [0.5, 0.6) is 0 Å². The van der Waals surface area contributed by atoms with E-state index in [0.717, 1.165) is 0 Å². The Morgan fingerprint density at radius 3 is 2.63 bits per heavy atom. The zero-order valence-electron chi connectivity index (χ0n) is 12.0. The number of rotatable bonds is 5. The summed E-state index contributed by atoms with van der Waals surface area (Å²) in [7, 11) is 0. The van der Waals surface area contributed by atoms with Crippen molar-refractivity contribution in [3.8, 4) is 0 Å². The van der Waals surface area contributed by atoms with Crippen molar-refractivity contribution >= 4 is 0 Å². The van der Waals surface area contributed by atoms with E-state index in [0.29, 0.717) is 30.8 Å². The van der Waals surface area contributed by atoms with Crippen molar-refractivity contribution in [2.75, 3.05) is 0 Å². The highest BCUT2D eigenvalue weighted by Crippen LogP contribution is 2.15. The molecule has 1 N–H and O–H groups in total. The molecule has 0 saturated heterocycles. The molecule has 102 valence electrons. The first-order valence-corrected chi connectivity index (χ1v) is 6.65. The van der Waals surface area contributed by atoms with E-state index in [1.54, 1.807) is 0 Å². The molecule has 4 nitrogen and oxygen atoms in total. The number of hydrogen-bond donors (Lipinski definition) is 1. The topological polar surface area (TPSA) is 51.0 Å². The number of nitrogens with zero attached hydrogens (tertiary/aromatic N) is 2. The van der Waals surface area contributed by atoms with Gasteiger partial charge in [-0.25, -0.2) is 0 Å². The zero-order valence-corrected chi connectivity index (χ0v) is 12.0. The Labute approximate surface area is 114 Å². The molecule has 2 rings (SSSR count). The van der Waals surface area contributed by atoms with Crippen LogP contribution in [-0.2, 0) is 13.0 Å². The molecule has 19 heavy (non-hydrogen) atoms. The Kier molecular flexibility index (Phi) is 4.32. The fraction of sp³-hybridized carbons (Fsp3) is 0.467. The molecule has 1 aromatic carbocycles. The third-order valence-electron chi connectivity index (χ3n) is 3.02. The Bertz CT molecular complexity index is 546. The summed E-state index contributed by atoms with van der Waals surface area (Å²) < 4.78 is 5.65. The van der Waals surface area contributed by atoms with Gasteiger partial charge in [0.05, 0.1) is 13.0 Å². The van der Waals surface area contributed by atoms with Gasteiger partial charge in [-0.05, 0) is 25.0 Å². The van der Waals surface area contributed by atoms with Crippen molar-refractivity contribution in [2.24, 2.45) is 0 Å². The van der Waals surface area contributed by atoms with Crippen LogP contribution in [0.4, 0.5) is 0 Å². The maximum atomic E-state index is 5.65. The molecule has 0 radical (unpaired) electrons. The summed E-state index contributed by atoms with van der Waals surface area (Å²) in [6.45, 7) is 9.00. The maximum Gasteiger partial charge on any atom is 0.230 e. The number of benzene rings is 1. The molecular weight excluding hydrogens is 238 g/mol. The van der Waals surface area contributed by atoms with Crippen LogP contribution in [0.15, 0.2) is 22.6 Å². The van der Waals surface area contributed by atoms with Crippen LogP contribution in [0.2, 0.25) is 0 Å². The molecule has 0 aliphatic carbocycles. The SMILES string of the molecule is Cc1ccc(C)c(Cc2nnc(CNC(C)C)o2)c1. The Balaban J connectivity index is 2.05. The predicted octanol–water partition coefficient (Wildman–Crippen LogP) is 2.78. The minimum atomic E-state index is 0.411. The fourth-order valence-corrected chi connectivity index (χ4v) is 1.88. The Morgan fingerprint density at radius 2 is 1.89 bits per heavy atom. The van der Waals surface area contributed by atoms with Crippen LogP contribution in [0, 0.1) is 13.8 Å². The van der Waals surface area contributed by atoms with Gasteiger partial charge in [-0.15, -0.1) is 10.2 Å². The van der Waals surface area contributed by atoms with Gasteiger partial charge in [0.1, 0.15) is 0 Å². The monoisotopic (exact) mass is 259 g/mol. The molecule has 2 aromatic rings. The molecular formula is C15H21N3O. The van der Waals surface area contributed by atoms with E-state index in [-0.39, 0.29) is 0 Å². The third kappa shape index (κ3) is 3.89. The largest absolute Gasteiger partial charge is 0.424 e. The number of hydrogen-bond acceptors (Lipinski definition) is 4. The lowest BCUT2D eigenvalue weighted by molar-refractivity contribution is 0.427. The predicted molar refractivity (Wildman–Crippen MR) is 75.0 cm³/mol. The summed E-state index contributed by atoms with van der Waals surface area (Å²) in [4.78, 5) is 0. The summed E-state index contributed by atoms with van der Waals surface area (Å²) in [5.74, 6) is 1.32. The molecule has 0 bridgehead atoms. The number of nitrogens with one attached hydrogen (secondary N) is 1. The Hall–Kier alpha value is -1.68. The van der Waals surface area contributed by atoms with E-state index in [1.807, 2.05) is 0 Å². The zero-order chi connectivity index (χ0) is 13.8. The van der Waals surface area contributed by atoms with Gasteiger partial charge >= 0.3 is 0 Å². The quantitative estimate of drug-likeness (QED) is 0.897. The van der Waals surface area contributed by atoms with Crippen LogP contribution >= 0.6 is 0 Å². The molecule has 0 fully saturated rings. The lowest BCUT2D eigenvalue weighted by Crippen LogP contribution is -2.21. The van der Waals surface area contributed by atoms with Crippen LogP contribution in [0.25, 0.3) is 0 Å². The van der Waals surface area contributed by atoms with Crippen molar-refractivity contribution in [3.05, 3.63) is 46.7 Å². The molecule has 0 aliphatic rings. The second-order valence-electron chi connectivity index (χ2n) is 5.23. The van der Waals surface area contributed by atoms with Gasteiger partial charge in [-0.2, -0.15) is 0 Å². The second kappa shape index (κ2) is 5.97. The average molecular weight is 259 g/mol. The Morgan fingerprint density at radius 1 is 1.16 bits per heavy atom. The standard InChI is InChI=1S/C15H21N3O/c1-10(2)16-9-15-18-17-14(19-15)8-13-7-11(3)5-6-12(13)4/h5-7,10,16H,8-9H2,1-4H3. The highest BCUT2D eigenvalue weighted by Gasteiger charge is 2.09. The van der Waals surface area contributed by atoms with E-state index >= 15 is 0 Å². The first-order valence-electron chi connectivity index (χ1n) is 6.65. The first kappa shape index (κ1) is 13.7. The summed E-state index contributed by atoms with van der Waals surface area (Å²) in [6.07, 6.45) is 0.697. The van der Waals surface area contributed by atoms with Crippen molar-refractivity contribution in [1.29, 1.82) is 0 Å². The van der Waals surface area contributed by atoms with Gasteiger partial charge in [0.2, 0.25) is 11.8 Å². The average Bonchev–Trinajstić information content (AvgIpc) is 2.79.